The van der Waals surface area contributed by atoms with E-state index in [1.165, 1.54) is 24.3 Å². The molecule has 8 heteroatoms. The van der Waals surface area contributed by atoms with Gasteiger partial charge in [0, 0.05) is 6.54 Å². The van der Waals surface area contributed by atoms with E-state index in [0.29, 0.717) is 24.5 Å². The van der Waals surface area contributed by atoms with Crippen LogP contribution in [0.2, 0.25) is 0 Å². The van der Waals surface area contributed by atoms with E-state index in [1.54, 1.807) is 13.8 Å². The summed E-state index contributed by atoms with van der Waals surface area (Å²) in [7, 11) is -3.64. The quantitative estimate of drug-likeness (QED) is 0.788. The first-order chi connectivity index (χ1) is 10.4. The lowest BCUT2D eigenvalue weighted by molar-refractivity contribution is 0.311. The summed E-state index contributed by atoms with van der Waals surface area (Å²) in [5.74, 6) is 0.460. The van der Waals surface area contributed by atoms with Crippen LogP contribution in [-0.2, 0) is 10.0 Å². The van der Waals surface area contributed by atoms with Crippen LogP contribution in [0, 0.1) is 19.7 Å². The third-order valence-electron chi connectivity index (χ3n) is 2.93. The molecular weight excluding hydrogens is 311 g/mol. The fraction of sp³-hybridized carbons (Fsp3) is 0.357. The van der Waals surface area contributed by atoms with Gasteiger partial charge >= 0.3 is 0 Å². The van der Waals surface area contributed by atoms with Crippen LogP contribution in [-0.4, -0.2) is 26.7 Å². The van der Waals surface area contributed by atoms with Gasteiger partial charge < -0.3 is 9.26 Å². The molecule has 120 valence electrons. The van der Waals surface area contributed by atoms with E-state index in [-0.39, 0.29) is 23.0 Å². The highest BCUT2D eigenvalue weighted by atomic mass is 32.2. The molecule has 22 heavy (non-hydrogen) atoms. The molecule has 0 atom stereocenters. The van der Waals surface area contributed by atoms with Crippen LogP contribution in [0.5, 0.6) is 5.75 Å². The van der Waals surface area contributed by atoms with Crippen LogP contribution >= 0.6 is 0 Å². The second-order valence-corrected chi connectivity index (χ2v) is 6.41. The van der Waals surface area contributed by atoms with Crippen molar-refractivity contribution in [3.8, 4) is 5.75 Å². The van der Waals surface area contributed by atoms with Gasteiger partial charge in [-0.25, -0.2) is 17.5 Å². The van der Waals surface area contributed by atoms with E-state index in [0.717, 1.165) is 0 Å². The van der Waals surface area contributed by atoms with Crippen LogP contribution in [0.3, 0.4) is 0 Å². The molecule has 1 aromatic carbocycles. The zero-order valence-corrected chi connectivity index (χ0v) is 13.1. The van der Waals surface area contributed by atoms with E-state index in [4.69, 9.17) is 9.26 Å². The number of nitrogens with zero attached hydrogens (tertiary/aromatic N) is 1. The van der Waals surface area contributed by atoms with E-state index >= 15 is 0 Å². The van der Waals surface area contributed by atoms with Crippen LogP contribution in [0.4, 0.5) is 4.39 Å². The normalized spacial score (nSPS) is 11.6. The molecule has 1 N–H and O–H groups in total. The first kappa shape index (κ1) is 16.4. The molecule has 0 bridgehead atoms. The zero-order chi connectivity index (χ0) is 16.2. The highest BCUT2D eigenvalue weighted by molar-refractivity contribution is 7.89. The molecule has 6 nitrogen and oxygen atoms in total. The average molecular weight is 328 g/mol. The predicted molar refractivity (Wildman–Crippen MR) is 77.7 cm³/mol. The number of aromatic nitrogens is 1. The van der Waals surface area contributed by atoms with Gasteiger partial charge in [-0.05, 0) is 44.5 Å². The Morgan fingerprint density at radius 2 is 1.95 bits per heavy atom. The number of aryl methyl sites for hydroxylation is 2. The fourth-order valence-corrected chi connectivity index (χ4v) is 3.33. The Morgan fingerprint density at radius 3 is 2.55 bits per heavy atom. The van der Waals surface area contributed by atoms with Crippen molar-refractivity contribution in [2.45, 2.75) is 25.2 Å². The largest absolute Gasteiger partial charge is 0.494 e. The van der Waals surface area contributed by atoms with Crippen molar-refractivity contribution in [3.63, 3.8) is 0 Å². The number of benzene rings is 1. The summed E-state index contributed by atoms with van der Waals surface area (Å²) >= 11 is 0. The summed E-state index contributed by atoms with van der Waals surface area (Å²) in [5.41, 5.74) is 0.326. The van der Waals surface area contributed by atoms with Crippen LogP contribution in [0.15, 0.2) is 33.7 Å². The van der Waals surface area contributed by atoms with Crippen molar-refractivity contribution in [2.24, 2.45) is 0 Å². The first-order valence-corrected chi connectivity index (χ1v) is 8.19. The monoisotopic (exact) mass is 328 g/mol. The van der Waals surface area contributed by atoms with Crippen LogP contribution < -0.4 is 9.46 Å². The standard InChI is InChI=1S/C14H17FN2O4S/c1-10-14(11(2)21-17-10)22(18,19)16-8-3-9-20-13-6-4-12(15)5-7-13/h4-7,16H,3,8-9H2,1-2H3. The topological polar surface area (TPSA) is 81.4 Å². The number of rotatable bonds is 7. The van der Waals surface area contributed by atoms with Crippen molar-refractivity contribution < 1.29 is 22.1 Å². The van der Waals surface area contributed by atoms with Crippen molar-refractivity contribution >= 4 is 10.0 Å². The summed E-state index contributed by atoms with van der Waals surface area (Å²) in [6.45, 7) is 3.65. The molecule has 0 aliphatic carbocycles. The molecule has 0 saturated heterocycles. The number of hydrogen-bond acceptors (Lipinski definition) is 5. The van der Waals surface area contributed by atoms with E-state index in [9.17, 15) is 12.8 Å². The van der Waals surface area contributed by atoms with E-state index in [1.807, 2.05) is 0 Å². The Bertz CT molecular complexity index is 706. The lowest BCUT2D eigenvalue weighted by Crippen LogP contribution is -2.26. The van der Waals surface area contributed by atoms with Gasteiger partial charge in [0.2, 0.25) is 10.0 Å². The number of halogens is 1. The second kappa shape index (κ2) is 6.89. The maximum absolute atomic E-state index is 12.7. The predicted octanol–water partition coefficient (Wildman–Crippen LogP) is 2.18. The molecule has 0 aliphatic heterocycles. The SMILES string of the molecule is Cc1noc(C)c1S(=O)(=O)NCCCOc1ccc(F)cc1. The lowest BCUT2D eigenvalue weighted by Gasteiger charge is -2.08. The number of nitrogens with one attached hydrogen (secondary N) is 1. The Morgan fingerprint density at radius 1 is 1.27 bits per heavy atom. The molecule has 1 heterocycles. The molecule has 0 radical (unpaired) electrons. The second-order valence-electron chi connectivity index (χ2n) is 4.71. The molecule has 0 saturated carbocycles. The summed E-state index contributed by atoms with van der Waals surface area (Å²) in [5, 5.41) is 3.62. The van der Waals surface area contributed by atoms with Gasteiger partial charge in [0.25, 0.3) is 0 Å². The molecule has 0 aliphatic rings. The molecule has 1 aromatic heterocycles. The van der Waals surface area contributed by atoms with Gasteiger partial charge in [-0.3, -0.25) is 0 Å². The third-order valence-corrected chi connectivity index (χ3v) is 4.64. The minimum Gasteiger partial charge on any atom is -0.494 e. The number of sulfonamides is 1. The van der Waals surface area contributed by atoms with Crippen molar-refractivity contribution in [1.82, 2.24) is 9.88 Å². The summed E-state index contributed by atoms with van der Waals surface area (Å²) in [4.78, 5) is 0.0759. The first-order valence-electron chi connectivity index (χ1n) is 6.71. The summed E-state index contributed by atoms with van der Waals surface area (Å²) in [6, 6.07) is 5.64. The maximum Gasteiger partial charge on any atom is 0.245 e. The van der Waals surface area contributed by atoms with E-state index in [2.05, 4.69) is 9.88 Å². The molecule has 2 rings (SSSR count). The third kappa shape index (κ3) is 4.05. The minimum atomic E-state index is -3.64. The van der Waals surface area contributed by atoms with Gasteiger partial charge in [-0.15, -0.1) is 0 Å². The zero-order valence-electron chi connectivity index (χ0n) is 12.3. The Hall–Kier alpha value is -1.93. The molecule has 0 fully saturated rings. The van der Waals surface area contributed by atoms with Gasteiger partial charge in [0.1, 0.15) is 22.2 Å². The van der Waals surface area contributed by atoms with Crippen molar-refractivity contribution in [2.75, 3.05) is 13.2 Å². The highest BCUT2D eigenvalue weighted by Gasteiger charge is 2.23. The summed E-state index contributed by atoms with van der Waals surface area (Å²) in [6.07, 6.45) is 0.472. The van der Waals surface area contributed by atoms with E-state index < -0.39 is 10.0 Å². The van der Waals surface area contributed by atoms with Crippen LogP contribution in [0.25, 0.3) is 0 Å². The lowest BCUT2D eigenvalue weighted by atomic mass is 10.3. The van der Waals surface area contributed by atoms with Crippen LogP contribution in [0.1, 0.15) is 17.9 Å². The smallest absolute Gasteiger partial charge is 0.245 e. The van der Waals surface area contributed by atoms with Gasteiger partial charge in [-0.2, -0.15) is 0 Å². The van der Waals surface area contributed by atoms with Gasteiger partial charge in [0.15, 0.2) is 5.76 Å². The molecule has 2 aromatic rings. The van der Waals surface area contributed by atoms with Crippen molar-refractivity contribution in [1.29, 1.82) is 0 Å². The number of ether oxygens (including phenoxy) is 1. The average Bonchev–Trinajstić information content (AvgIpc) is 2.80. The Kier molecular flexibility index (Phi) is 5.15. The molecule has 0 spiro atoms. The van der Waals surface area contributed by atoms with Gasteiger partial charge in [-0.1, -0.05) is 5.16 Å². The number of hydrogen-bond donors (Lipinski definition) is 1. The highest BCUT2D eigenvalue weighted by Crippen LogP contribution is 2.18. The van der Waals surface area contributed by atoms with Gasteiger partial charge in [0.05, 0.1) is 6.61 Å². The fourth-order valence-electron chi connectivity index (χ4n) is 1.93. The van der Waals surface area contributed by atoms with Crippen molar-refractivity contribution in [3.05, 3.63) is 41.5 Å². The Balaban J connectivity index is 1.80. The Labute approximate surface area is 128 Å². The maximum atomic E-state index is 12.7. The molecular formula is C14H17FN2O4S. The molecule has 0 unspecified atom stereocenters. The minimum absolute atomic E-state index is 0.0759. The molecule has 0 amide bonds. The summed E-state index contributed by atoms with van der Waals surface area (Å²) < 4.78 is 49.6.